The summed E-state index contributed by atoms with van der Waals surface area (Å²) >= 11 is 0. The number of hydrogen-bond donors (Lipinski definition) is 4. The molecule has 8 heteroatoms. The minimum Gasteiger partial charge on any atom is -0.394 e. The fourth-order valence-corrected chi connectivity index (χ4v) is 2.22. The summed E-state index contributed by atoms with van der Waals surface area (Å²) in [5.41, 5.74) is -0.832. The van der Waals surface area contributed by atoms with Crippen molar-refractivity contribution in [1.82, 2.24) is 9.55 Å². The highest BCUT2D eigenvalue weighted by molar-refractivity contribution is 5.22. The predicted octanol–water partition coefficient (Wildman–Crippen LogP) is -2.46. The van der Waals surface area contributed by atoms with Gasteiger partial charge in [0.15, 0.2) is 0 Å². The molecule has 106 valence electrons. The fraction of sp³-hybridized carbons (Fsp3) is 0.636. The number of H-pyrrole nitrogens is 1. The number of rotatable bonds is 2. The van der Waals surface area contributed by atoms with E-state index in [9.17, 15) is 19.8 Å². The molecule has 0 spiro atoms. The van der Waals surface area contributed by atoms with Crippen LogP contribution in [0.15, 0.2) is 9.59 Å². The monoisotopic (exact) mass is 272 g/mol. The van der Waals surface area contributed by atoms with Gasteiger partial charge in [0.1, 0.15) is 24.4 Å². The molecule has 0 bridgehead atoms. The van der Waals surface area contributed by atoms with Crippen LogP contribution in [0.1, 0.15) is 17.4 Å². The van der Waals surface area contributed by atoms with Crippen LogP contribution in [0.3, 0.4) is 0 Å². The maximum Gasteiger partial charge on any atom is 0.328 e. The summed E-state index contributed by atoms with van der Waals surface area (Å²) in [6.45, 7) is 1.03. The van der Waals surface area contributed by atoms with Gasteiger partial charge in [0.25, 0.3) is 5.56 Å². The van der Waals surface area contributed by atoms with Crippen LogP contribution in [0.5, 0.6) is 0 Å². The Bertz CT molecular complexity index is 592. The molecule has 0 radical (unpaired) electrons. The van der Waals surface area contributed by atoms with E-state index >= 15 is 0 Å². The lowest BCUT2D eigenvalue weighted by molar-refractivity contribution is -0.0235. The van der Waals surface area contributed by atoms with Gasteiger partial charge in [-0.15, -0.1) is 0 Å². The molecule has 2 rings (SSSR count). The first-order valence-corrected chi connectivity index (χ1v) is 5.80. The second-order valence-corrected chi connectivity index (χ2v) is 4.59. The highest BCUT2D eigenvalue weighted by Gasteiger charge is 2.44. The molecule has 0 unspecified atom stereocenters. The minimum absolute atomic E-state index is 0.0737. The van der Waals surface area contributed by atoms with E-state index in [2.05, 4.69) is 4.98 Å². The van der Waals surface area contributed by atoms with E-state index in [1.165, 1.54) is 14.0 Å². The molecule has 2 heterocycles. The van der Waals surface area contributed by atoms with Crippen LogP contribution < -0.4 is 11.2 Å². The molecule has 0 aromatic carbocycles. The van der Waals surface area contributed by atoms with Crippen molar-refractivity contribution >= 4 is 0 Å². The van der Waals surface area contributed by atoms with Crippen LogP contribution in [-0.2, 0) is 11.8 Å². The van der Waals surface area contributed by atoms with Crippen LogP contribution in [0.25, 0.3) is 0 Å². The van der Waals surface area contributed by atoms with Crippen LogP contribution >= 0.6 is 0 Å². The molecule has 0 amide bonds. The molecule has 1 aliphatic heterocycles. The second kappa shape index (κ2) is 4.89. The van der Waals surface area contributed by atoms with E-state index in [1.807, 2.05) is 0 Å². The smallest absolute Gasteiger partial charge is 0.328 e. The van der Waals surface area contributed by atoms with Gasteiger partial charge in [-0.2, -0.15) is 0 Å². The van der Waals surface area contributed by atoms with E-state index < -0.39 is 42.3 Å². The Morgan fingerprint density at radius 1 is 1.32 bits per heavy atom. The molecule has 1 fully saturated rings. The lowest BCUT2D eigenvalue weighted by Crippen LogP contribution is -2.39. The van der Waals surface area contributed by atoms with E-state index in [0.717, 1.165) is 4.57 Å². The van der Waals surface area contributed by atoms with Gasteiger partial charge in [-0.1, -0.05) is 0 Å². The van der Waals surface area contributed by atoms with E-state index in [-0.39, 0.29) is 11.3 Å². The van der Waals surface area contributed by atoms with Gasteiger partial charge in [-0.25, -0.2) is 4.79 Å². The third-order valence-electron chi connectivity index (χ3n) is 3.36. The average Bonchev–Trinajstić information content (AvgIpc) is 2.64. The minimum atomic E-state index is -1.34. The zero-order chi connectivity index (χ0) is 14.3. The summed E-state index contributed by atoms with van der Waals surface area (Å²) in [6, 6.07) is 0. The molecule has 1 aromatic rings. The third-order valence-corrected chi connectivity index (χ3v) is 3.36. The van der Waals surface area contributed by atoms with Crippen molar-refractivity contribution in [3.63, 3.8) is 0 Å². The van der Waals surface area contributed by atoms with Crippen LogP contribution in [0.2, 0.25) is 0 Å². The molecule has 1 saturated heterocycles. The Kier molecular flexibility index (Phi) is 3.59. The lowest BCUT2D eigenvalue weighted by Gasteiger charge is -2.16. The van der Waals surface area contributed by atoms with Crippen LogP contribution in [-0.4, -0.2) is 49.8 Å². The number of aryl methyl sites for hydroxylation is 1. The predicted molar refractivity (Wildman–Crippen MR) is 63.8 cm³/mol. The number of nitrogens with one attached hydrogen (secondary N) is 1. The van der Waals surface area contributed by atoms with Crippen molar-refractivity contribution in [2.45, 2.75) is 31.3 Å². The summed E-state index contributed by atoms with van der Waals surface area (Å²) in [7, 11) is 1.30. The molecule has 1 aliphatic rings. The molecule has 4 N–H and O–H groups in total. The average molecular weight is 272 g/mol. The molecule has 4 atom stereocenters. The number of ether oxygens (including phenoxy) is 1. The highest BCUT2D eigenvalue weighted by atomic mass is 16.6. The molecule has 8 nitrogen and oxygen atoms in total. The van der Waals surface area contributed by atoms with Gasteiger partial charge in [0.05, 0.1) is 12.2 Å². The van der Waals surface area contributed by atoms with Crippen molar-refractivity contribution < 1.29 is 20.1 Å². The highest BCUT2D eigenvalue weighted by Crippen LogP contribution is 2.32. The summed E-state index contributed by atoms with van der Waals surface area (Å²) < 4.78 is 6.15. The molecular weight excluding hydrogens is 256 g/mol. The number of nitrogens with zero attached hydrogens (tertiary/aromatic N) is 1. The Hall–Kier alpha value is -1.48. The van der Waals surface area contributed by atoms with E-state index in [0.29, 0.717) is 0 Å². The zero-order valence-electron chi connectivity index (χ0n) is 10.5. The van der Waals surface area contributed by atoms with Gasteiger partial charge in [0, 0.05) is 12.7 Å². The largest absolute Gasteiger partial charge is 0.394 e. The first-order valence-electron chi connectivity index (χ1n) is 5.80. The molecule has 0 aliphatic carbocycles. The molecule has 1 aromatic heterocycles. The number of aromatic nitrogens is 2. The maximum atomic E-state index is 12.1. The van der Waals surface area contributed by atoms with Crippen LogP contribution in [0, 0.1) is 6.92 Å². The normalized spacial score (nSPS) is 30.8. The Morgan fingerprint density at radius 3 is 2.47 bits per heavy atom. The first kappa shape index (κ1) is 13.9. The SMILES string of the molecule is Cc1[nH]c(=O)n(C)c(=O)c1[C@@H]1O[C@H](CO)[C@@H](O)[C@H]1O. The standard InChI is InChI=1S/C11H16N2O6/c1-4-6(10(17)13(2)11(18)12-4)9-8(16)7(15)5(3-14)19-9/h5,7-9,14-16H,3H2,1-2H3,(H,12,18)/t5-,7-,8-,9+/m1/s1. The topological polar surface area (TPSA) is 125 Å². The zero-order valence-corrected chi connectivity index (χ0v) is 10.5. The van der Waals surface area contributed by atoms with Crippen molar-refractivity contribution in [2.75, 3.05) is 6.61 Å². The Labute approximate surface area is 107 Å². The molecular formula is C11H16N2O6. The van der Waals surface area contributed by atoms with Gasteiger partial charge < -0.3 is 25.0 Å². The van der Waals surface area contributed by atoms with Crippen molar-refractivity contribution in [3.8, 4) is 0 Å². The number of aromatic amines is 1. The van der Waals surface area contributed by atoms with Gasteiger partial charge in [-0.05, 0) is 6.92 Å². The first-order chi connectivity index (χ1) is 8.88. The Morgan fingerprint density at radius 2 is 1.95 bits per heavy atom. The van der Waals surface area contributed by atoms with Crippen LogP contribution in [0.4, 0.5) is 0 Å². The van der Waals surface area contributed by atoms with Crippen molar-refractivity contribution in [3.05, 3.63) is 32.1 Å². The summed E-state index contributed by atoms with van der Waals surface area (Å²) in [5, 5.41) is 28.6. The molecule has 19 heavy (non-hydrogen) atoms. The number of aliphatic hydroxyl groups excluding tert-OH is 3. The third kappa shape index (κ3) is 2.12. The summed E-state index contributed by atoms with van der Waals surface area (Å²) in [6.07, 6.45) is -4.67. The Balaban J connectivity index is 2.52. The fourth-order valence-electron chi connectivity index (χ4n) is 2.22. The maximum absolute atomic E-state index is 12.1. The van der Waals surface area contributed by atoms with Crippen molar-refractivity contribution in [1.29, 1.82) is 0 Å². The summed E-state index contributed by atoms with van der Waals surface area (Å²) in [5.74, 6) is 0. The molecule has 0 saturated carbocycles. The van der Waals surface area contributed by atoms with Gasteiger partial charge >= 0.3 is 5.69 Å². The van der Waals surface area contributed by atoms with Gasteiger partial charge in [0.2, 0.25) is 0 Å². The summed E-state index contributed by atoms with van der Waals surface area (Å²) in [4.78, 5) is 25.9. The van der Waals surface area contributed by atoms with Crippen molar-refractivity contribution in [2.24, 2.45) is 7.05 Å². The van der Waals surface area contributed by atoms with E-state index in [4.69, 9.17) is 9.84 Å². The quantitative estimate of drug-likeness (QED) is 0.473. The second-order valence-electron chi connectivity index (χ2n) is 4.59. The van der Waals surface area contributed by atoms with Gasteiger partial charge in [-0.3, -0.25) is 9.36 Å². The number of aliphatic hydroxyl groups is 3. The number of hydrogen-bond acceptors (Lipinski definition) is 6. The lowest BCUT2D eigenvalue weighted by atomic mass is 10.0. The van der Waals surface area contributed by atoms with E-state index in [1.54, 1.807) is 0 Å².